The van der Waals surface area contributed by atoms with Gasteiger partial charge in [0.2, 0.25) is 5.52 Å². The monoisotopic (exact) mass is 536 g/mol. The summed E-state index contributed by atoms with van der Waals surface area (Å²) in [5.74, 6) is 0. The van der Waals surface area contributed by atoms with E-state index in [1.54, 1.807) is 0 Å². The van der Waals surface area contributed by atoms with E-state index in [0.29, 0.717) is 5.69 Å². The fraction of sp³-hybridized carbons (Fsp3) is 0.316. The zero-order valence-electron chi connectivity index (χ0n) is 25.5. The number of hydrogen-bond acceptors (Lipinski definition) is 0. The predicted octanol–water partition coefficient (Wildman–Crippen LogP) is 10.0. The number of rotatable bonds is 2. The van der Waals surface area contributed by atoms with Crippen molar-refractivity contribution in [1.82, 2.24) is 4.40 Å². The van der Waals surface area contributed by atoms with E-state index in [1.807, 2.05) is 6.07 Å². The summed E-state index contributed by atoms with van der Waals surface area (Å²) in [4.78, 5) is 3.79. The van der Waals surface area contributed by atoms with Gasteiger partial charge in [-0.15, -0.1) is 0 Å². The lowest BCUT2D eigenvalue weighted by molar-refractivity contribution is -0.643. The first-order valence-corrected chi connectivity index (χ1v) is 14.7. The Morgan fingerprint density at radius 1 is 0.756 bits per heavy atom. The van der Waals surface area contributed by atoms with Crippen LogP contribution in [0.4, 0.5) is 5.69 Å². The average molecular weight is 537 g/mol. The van der Waals surface area contributed by atoms with Gasteiger partial charge in [0.05, 0.1) is 33.9 Å². The summed E-state index contributed by atoms with van der Waals surface area (Å²) in [6, 6.07) is 20.2. The van der Waals surface area contributed by atoms with Gasteiger partial charge in [-0.3, -0.25) is 0 Å². The number of benzene rings is 4. The highest BCUT2D eigenvalue weighted by atomic mass is 15.0. The normalized spacial score (nSPS) is 13.0. The fourth-order valence-electron chi connectivity index (χ4n) is 7.27. The van der Waals surface area contributed by atoms with Crippen molar-refractivity contribution in [1.29, 1.82) is 0 Å². The molecule has 0 aliphatic heterocycles. The van der Waals surface area contributed by atoms with E-state index in [9.17, 15) is 0 Å². The van der Waals surface area contributed by atoms with Gasteiger partial charge >= 0.3 is 0 Å². The first-order chi connectivity index (χ1) is 19.4. The standard InChI is InChI=1S/C38H38N3/c1-22-28-18-23(20-37(2,3)4)10-13-26(28)30(21-38(5,6)7)35-32(22)36-33-24(16-17-40(36)9)11-14-27-29-19-25(39-8)12-15-31(29)41(35)34(27)33/h10-19H,20-21H2,1-7,9H3/q+1. The molecular weight excluding hydrogens is 498 g/mol. The minimum Gasteiger partial charge on any atom is -0.307 e. The second-order valence-corrected chi connectivity index (χ2v) is 14.5. The maximum absolute atomic E-state index is 7.70. The summed E-state index contributed by atoms with van der Waals surface area (Å²) >= 11 is 0. The lowest BCUT2D eigenvalue weighted by Crippen LogP contribution is -2.29. The molecule has 0 spiro atoms. The molecule has 0 amide bonds. The van der Waals surface area contributed by atoms with Gasteiger partial charge in [0, 0.05) is 11.5 Å². The molecule has 0 fully saturated rings. The van der Waals surface area contributed by atoms with Crippen LogP contribution in [0.15, 0.2) is 60.8 Å². The van der Waals surface area contributed by atoms with Crippen molar-refractivity contribution in [2.45, 2.75) is 61.3 Å². The van der Waals surface area contributed by atoms with Gasteiger partial charge in [0.25, 0.3) is 0 Å². The van der Waals surface area contributed by atoms with Crippen molar-refractivity contribution in [3.63, 3.8) is 0 Å². The van der Waals surface area contributed by atoms with Crippen molar-refractivity contribution in [3.05, 3.63) is 88.9 Å². The van der Waals surface area contributed by atoms with E-state index in [-0.39, 0.29) is 10.8 Å². The second kappa shape index (κ2) is 8.43. The van der Waals surface area contributed by atoms with Crippen molar-refractivity contribution in [3.8, 4) is 0 Å². The predicted molar refractivity (Wildman–Crippen MR) is 175 cm³/mol. The van der Waals surface area contributed by atoms with Gasteiger partial charge in [-0.1, -0.05) is 77.9 Å². The number of hydrogen-bond donors (Lipinski definition) is 0. The summed E-state index contributed by atoms with van der Waals surface area (Å²) in [6.07, 6.45) is 4.23. The molecule has 0 atom stereocenters. The number of pyridine rings is 2. The van der Waals surface area contributed by atoms with Crippen LogP contribution >= 0.6 is 0 Å². The Morgan fingerprint density at radius 3 is 2.20 bits per heavy atom. The van der Waals surface area contributed by atoms with E-state index < -0.39 is 0 Å². The average Bonchev–Trinajstić information content (AvgIpc) is 3.23. The molecule has 204 valence electrons. The Balaban J connectivity index is 1.82. The van der Waals surface area contributed by atoms with Gasteiger partial charge in [0.1, 0.15) is 7.05 Å². The summed E-state index contributed by atoms with van der Waals surface area (Å²) < 4.78 is 4.87. The number of fused-ring (bicyclic) bond motifs is 7. The minimum absolute atomic E-state index is 0.102. The molecule has 7 rings (SSSR count). The van der Waals surface area contributed by atoms with Crippen LogP contribution in [0, 0.1) is 24.3 Å². The molecular formula is C38H38N3+. The highest BCUT2D eigenvalue weighted by Crippen LogP contribution is 2.46. The lowest BCUT2D eigenvalue weighted by Gasteiger charge is -2.25. The Morgan fingerprint density at radius 2 is 1.49 bits per heavy atom. The Labute approximate surface area is 242 Å². The van der Waals surface area contributed by atoms with Crippen molar-refractivity contribution < 1.29 is 4.57 Å². The molecule has 3 heteroatoms. The van der Waals surface area contributed by atoms with Crippen LogP contribution in [0.1, 0.15) is 58.2 Å². The molecule has 41 heavy (non-hydrogen) atoms. The first-order valence-electron chi connectivity index (χ1n) is 14.7. The number of nitrogens with zero attached hydrogens (tertiary/aromatic N) is 3. The zero-order valence-corrected chi connectivity index (χ0v) is 25.5. The van der Waals surface area contributed by atoms with Crippen LogP contribution < -0.4 is 4.57 Å². The molecule has 4 aromatic carbocycles. The summed E-state index contributed by atoms with van der Waals surface area (Å²) in [7, 11) is 2.19. The quantitative estimate of drug-likeness (QED) is 0.0902. The van der Waals surface area contributed by atoms with Crippen LogP contribution in [-0.4, -0.2) is 4.40 Å². The van der Waals surface area contributed by atoms with Gasteiger partial charge in [-0.25, -0.2) is 9.41 Å². The van der Waals surface area contributed by atoms with Gasteiger partial charge in [-0.05, 0) is 81.0 Å². The van der Waals surface area contributed by atoms with Crippen LogP contribution in [-0.2, 0) is 19.9 Å². The third-order valence-electron chi connectivity index (χ3n) is 8.75. The first kappa shape index (κ1) is 25.8. The van der Waals surface area contributed by atoms with Crippen LogP contribution in [0.3, 0.4) is 0 Å². The van der Waals surface area contributed by atoms with E-state index in [4.69, 9.17) is 6.57 Å². The highest BCUT2D eigenvalue weighted by molar-refractivity contribution is 6.29. The van der Waals surface area contributed by atoms with Gasteiger partial charge < -0.3 is 4.40 Å². The maximum atomic E-state index is 7.70. The van der Waals surface area contributed by atoms with E-state index in [2.05, 4.69) is 124 Å². The minimum atomic E-state index is 0.102. The number of aromatic nitrogens is 2. The number of aryl methyl sites for hydroxylation is 2. The molecule has 3 aromatic heterocycles. The summed E-state index contributed by atoms with van der Waals surface area (Å²) in [5.41, 5.74) is 10.2. The highest BCUT2D eigenvalue weighted by Gasteiger charge is 2.28. The smallest absolute Gasteiger partial charge is 0.224 e. The van der Waals surface area contributed by atoms with Gasteiger partial charge in [-0.2, -0.15) is 0 Å². The Kier molecular flexibility index (Phi) is 5.30. The van der Waals surface area contributed by atoms with Gasteiger partial charge in [0.15, 0.2) is 11.9 Å². The lowest BCUT2D eigenvalue weighted by atomic mass is 9.81. The molecule has 0 radical (unpaired) electrons. The molecule has 0 aliphatic rings. The largest absolute Gasteiger partial charge is 0.307 e. The molecule has 0 N–H and O–H groups in total. The third kappa shape index (κ3) is 3.81. The van der Waals surface area contributed by atoms with Crippen molar-refractivity contribution in [2.75, 3.05) is 0 Å². The molecule has 3 heterocycles. The molecule has 0 bridgehead atoms. The summed E-state index contributed by atoms with van der Waals surface area (Å²) in [6.45, 7) is 24.0. The Bertz CT molecular complexity index is 2240. The summed E-state index contributed by atoms with van der Waals surface area (Å²) in [5, 5.41) is 8.99. The SMILES string of the molecule is [C-]#[N+]c1ccc2c(c1)c1ccc3cc[n+](C)c4c5c(C)c6cc(CC(C)(C)C)ccc6c(CC(C)(C)C)c5n2c1c34. The van der Waals surface area contributed by atoms with E-state index in [0.717, 1.165) is 18.2 Å². The second-order valence-electron chi connectivity index (χ2n) is 14.5. The van der Waals surface area contributed by atoms with E-state index in [1.165, 1.54) is 71.1 Å². The molecule has 0 unspecified atom stereocenters. The molecule has 3 nitrogen and oxygen atoms in total. The molecule has 0 aliphatic carbocycles. The Hall–Kier alpha value is -4.16. The molecule has 7 aromatic rings. The fourth-order valence-corrected chi connectivity index (χ4v) is 7.27. The zero-order chi connectivity index (χ0) is 29.0. The van der Waals surface area contributed by atoms with Crippen molar-refractivity contribution >= 4 is 65.5 Å². The van der Waals surface area contributed by atoms with Crippen molar-refractivity contribution in [2.24, 2.45) is 17.9 Å². The molecule has 0 saturated heterocycles. The molecule has 0 saturated carbocycles. The maximum Gasteiger partial charge on any atom is 0.224 e. The van der Waals surface area contributed by atoms with E-state index >= 15 is 0 Å². The van der Waals surface area contributed by atoms with Crippen LogP contribution in [0.2, 0.25) is 0 Å². The van der Waals surface area contributed by atoms with Crippen LogP contribution in [0.25, 0.3) is 64.6 Å². The third-order valence-corrected chi connectivity index (χ3v) is 8.75. The topological polar surface area (TPSA) is 12.7 Å². The van der Waals surface area contributed by atoms with Crippen LogP contribution in [0.5, 0.6) is 0 Å².